The molecule has 17 heavy (non-hydrogen) atoms. The number of nitrogens with zero attached hydrogens (tertiary/aromatic N) is 1. The van der Waals surface area contributed by atoms with Crippen LogP contribution in [-0.4, -0.2) is 11.5 Å². The average molecular weight is 227 g/mol. The normalized spacial score (nSPS) is 12.1. The molecule has 0 fully saturated rings. The third kappa shape index (κ3) is 3.04. The summed E-state index contributed by atoms with van der Waals surface area (Å²) >= 11 is 0. The first-order valence-corrected chi connectivity index (χ1v) is 5.74. The molecule has 1 heterocycles. The summed E-state index contributed by atoms with van der Waals surface area (Å²) < 4.78 is 0. The Morgan fingerprint density at radius 3 is 2.76 bits per heavy atom. The van der Waals surface area contributed by atoms with E-state index in [0.29, 0.717) is 6.54 Å². The first-order chi connectivity index (χ1) is 8.29. The highest BCUT2D eigenvalue weighted by Crippen LogP contribution is 2.17. The van der Waals surface area contributed by atoms with E-state index in [1.54, 1.807) is 6.20 Å². The zero-order valence-electron chi connectivity index (χ0n) is 9.93. The number of nitrogens with two attached hydrogens (primary N) is 1. The van der Waals surface area contributed by atoms with Crippen molar-refractivity contribution in [3.8, 4) is 0 Å². The molecule has 3 nitrogen and oxygen atoms in total. The van der Waals surface area contributed by atoms with Crippen molar-refractivity contribution in [1.29, 1.82) is 0 Å². The number of aryl methyl sites for hydroxylation is 1. The molecule has 0 aliphatic heterocycles. The van der Waals surface area contributed by atoms with E-state index >= 15 is 0 Å². The zero-order valence-corrected chi connectivity index (χ0v) is 9.93. The van der Waals surface area contributed by atoms with Gasteiger partial charge in [0.05, 0.1) is 11.7 Å². The van der Waals surface area contributed by atoms with Gasteiger partial charge in [-0.05, 0) is 36.8 Å². The van der Waals surface area contributed by atoms with Gasteiger partial charge in [0.1, 0.15) is 0 Å². The Morgan fingerprint density at radius 2 is 2.12 bits per heavy atom. The zero-order chi connectivity index (χ0) is 12.1. The maximum atomic E-state index is 5.79. The van der Waals surface area contributed by atoms with E-state index in [0.717, 1.165) is 11.4 Å². The fourth-order valence-corrected chi connectivity index (χ4v) is 1.77. The van der Waals surface area contributed by atoms with Crippen LogP contribution >= 0.6 is 0 Å². The minimum atomic E-state index is 0.0537. The Balaban J connectivity index is 2.16. The molecule has 0 saturated carbocycles. The number of aromatic nitrogens is 1. The maximum absolute atomic E-state index is 5.79. The van der Waals surface area contributed by atoms with Crippen LogP contribution in [0.2, 0.25) is 0 Å². The lowest BCUT2D eigenvalue weighted by Crippen LogP contribution is -2.21. The van der Waals surface area contributed by atoms with E-state index in [9.17, 15) is 0 Å². The molecule has 1 atom stereocenters. The molecule has 3 heteroatoms. The highest BCUT2D eigenvalue weighted by Gasteiger charge is 2.09. The Hall–Kier alpha value is -1.87. The fraction of sp³-hybridized carbons (Fsp3) is 0.214. The second-order valence-electron chi connectivity index (χ2n) is 4.06. The minimum Gasteiger partial charge on any atom is -0.375 e. The SMILES string of the molecule is Cc1cccc(NC(CN)c2ccccn2)c1. The highest BCUT2D eigenvalue weighted by atomic mass is 15.0. The van der Waals surface area contributed by atoms with E-state index in [2.05, 4.69) is 29.4 Å². The first-order valence-electron chi connectivity index (χ1n) is 5.74. The van der Waals surface area contributed by atoms with Gasteiger partial charge >= 0.3 is 0 Å². The molecule has 2 rings (SSSR count). The Morgan fingerprint density at radius 1 is 1.24 bits per heavy atom. The van der Waals surface area contributed by atoms with Crippen LogP contribution in [0, 0.1) is 6.92 Å². The molecular formula is C14H17N3. The van der Waals surface area contributed by atoms with E-state index < -0.39 is 0 Å². The van der Waals surface area contributed by atoms with Crippen molar-refractivity contribution in [3.63, 3.8) is 0 Å². The van der Waals surface area contributed by atoms with Crippen LogP contribution < -0.4 is 11.1 Å². The van der Waals surface area contributed by atoms with Crippen LogP contribution in [0.25, 0.3) is 0 Å². The summed E-state index contributed by atoms with van der Waals surface area (Å²) in [5.74, 6) is 0. The molecular weight excluding hydrogens is 210 g/mol. The van der Waals surface area contributed by atoms with Gasteiger partial charge in [-0.15, -0.1) is 0 Å². The van der Waals surface area contributed by atoms with Crippen LogP contribution in [0.15, 0.2) is 48.7 Å². The van der Waals surface area contributed by atoms with Crippen molar-refractivity contribution in [3.05, 3.63) is 59.9 Å². The van der Waals surface area contributed by atoms with Crippen molar-refractivity contribution >= 4 is 5.69 Å². The van der Waals surface area contributed by atoms with Gasteiger partial charge in [0, 0.05) is 18.4 Å². The molecule has 0 amide bonds. The summed E-state index contributed by atoms with van der Waals surface area (Å²) in [5, 5.41) is 3.40. The lowest BCUT2D eigenvalue weighted by Gasteiger charge is -2.17. The van der Waals surface area contributed by atoms with E-state index in [4.69, 9.17) is 5.73 Å². The van der Waals surface area contributed by atoms with Gasteiger partial charge in [-0.3, -0.25) is 4.98 Å². The highest BCUT2D eigenvalue weighted by molar-refractivity contribution is 5.47. The summed E-state index contributed by atoms with van der Waals surface area (Å²) in [6, 6.07) is 14.2. The number of anilines is 1. The van der Waals surface area contributed by atoms with E-state index in [1.807, 2.05) is 30.3 Å². The standard InChI is InChI=1S/C14H17N3/c1-11-5-4-6-12(9-11)17-14(10-15)13-7-2-3-8-16-13/h2-9,14,17H,10,15H2,1H3. The van der Waals surface area contributed by atoms with Gasteiger partial charge in [-0.1, -0.05) is 18.2 Å². The summed E-state index contributed by atoms with van der Waals surface area (Å²) in [4.78, 5) is 4.33. The number of hydrogen-bond donors (Lipinski definition) is 2. The van der Waals surface area contributed by atoms with Crippen LogP contribution in [0.5, 0.6) is 0 Å². The van der Waals surface area contributed by atoms with E-state index in [1.165, 1.54) is 5.56 Å². The minimum absolute atomic E-state index is 0.0537. The third-order valence-electron chi connectivity index (χ3n) is 2.64. The molecule has 0 spiro atoms. The van der Waals surface area contributed by atoms with Crippen molar-refractivity contribution in [2.45, 2.75) is 13.0 Å². The molecule has 1 aromatic carbocycles. The third-order valence-corrected chi connectivity index (χ3v) is 2.64. The van der Waals surface area contributed by atoms with Crippen molar-refractivity contribution < 1.29 is 0 Å². The first kappa shape index (κ1) is 11.6. The van der Waals surface area contributed by atoms with Crippen LogP contribution in [-0.2, 0) is 0 Å². The smallest absolute Gasteiger partial charge is 0.0807 e. The second-order valence-corrected chi connectivity index (χ2v) is 4.06. The van der Waals surface area contributed by atoms with Crippen LogP contribution in [0.1, 0.15) is 17.3 Å². The quantitative estimate of drug-likeness (QED) is 0.843. The lowest BCUT2D eigenvalue weighted by molar-refractivity contribution is 0.760. The van der Waals surface area contributed by atoms with Crippen molar-refractivity contribution in [2.24, 2.45) is 5.73 Å². The van der Waals surface area contributed by atoms with Gasteiger partial charge in [0.25, 0.3) is 0 Å². The summed E-state index contributed by atoms with van der Waals surface area (Å²) in [7, 11) is 0. The van der Waals surface area contributed by atoms with E-state index in [-0.39, 0.29) is 6.04 Å². The molecule has 1 unspecified atom stereocenters. The number of pyridine rings is 1. The Bertz CT molecular complexity index is 468. The van der Waals surface area contributed by atoms with Gasteiger partial charge < -0.3 is 11.1 Å². The Kier molecular flexibility index (Phi) is 3.73. The largest absolute Gasteiger partial charge is 0.375 e. The van der Waals surface area contributed by atoms with Crippen LogP contribution in [0.3, 0.4) is 0 Å². The Labute approximate surface area is 102 Å². The molecule has 0 aliphatic rings. The predicted molar refractivity (Wildman–Crippen MR) is 70.8 cm³/mol. The van der Waals surface area contributed by atoms with Gasteiger partial charge in [-0.2, -0.15) is 0 Å². The summed E-state index contributed by atoms with van der Waals surface area (Å²) in [6.45, 7) is 2.59. The van der Waals surface area contributed by atoms with Gasteiger partial charge in [0.2, 0.25) is 0 Å². The monoisotopic (exact) mass is 227 g/mol. The van der Waals surface area contributed by atoms with Crippen LogP contribution in [0.4, 0.5) is 5.69 Å². The van der Waals surface area contributed by atoms with Gasteiger partial charge in [-0.25, -0.2) is 0 Å². The maximum Gasteiger partial charge on any atom is 0.0807 e. The fourth-order valence-electron chi connectivity index (χ4n) is 1.77. The molecule has 3 N–H and O–H groups in total. The number of hydrogen-bond acceptors (Lipinski definition) is 3. The average Bonchev–Trinajstić information content (AvgIpc) is 2.37. The number of nitrogens with one attached hydrogen (secondary N) is 1. The van der Waals surface area contributed by atoms with Crippen molar-refractivity contribution in [2.75, 3.05) is 11.9 Å². The lowest BCUT2D eigenvalue weighted by atomic mass is 10.1. The summed E-state index contributed by atoms with van der Waals surface area (Å²) in [6.07, 6.45) is 1.79. The second kappa shape index (κ2) is 5.46. The molecule has 0 bridgehead atoms. The molecule has 88 valence electrons. The summed E-state index contributed by atoms with van der Waals surface area (Å²) in [5.41, 5.74) is 9.06. The van der Waals surface area contributed by atoms with Crippen molar-refractivity contribution in [1.82, 2.24) is 4.98 Å². The number of benzene rings is 1. The molecule has 0 saturated heterocycles. The molecule has 2 aromatic rings. The molecule has 1 aromatic heterocycles. The van der Waals surface area contributed by atoms with Gasteiger partial charge in [0.15, 0.2) is 0 Å². The number of rotatable bonds is 4. The predicted octanol–water partition coefficient (Wildman–Crippen LogP) is 2.50. The molecule has 0 radical (unpaired) electrons. The molecule has 0 aliphatic carbocycles. The topological polar surface area (TPSA) is 50.9 Å².